The number of allylic oxidation sites excluding steroid dienone is 3. The van der Waals surface area contributed by atoms with Crippen molar-refractivity contribution in [3.63, 3.8) is 0 Å². The van der Waals surface area contributed by atoms with E-state index in [4.69, 9.17) is 5.73 Å². The third kappa shape index (κ3) is 7.76. The molecule has 54 valence electrons. The summed E-state index contributed by atoms with van der Waals surface area (Å²) in [6, 6.07) is 0. The van der Waals surface area contributed by atoms with E-state index in [1.165, 1.54) is 0 Å². The molecule has 0 radical (unpaired) electrons. The first-order valence-electron chi connectivity index (χ1n) is 2.92. The summed E-state index contributed by atoms with van der Waals surface area (Å²) in [5, 5.41) is 0. The molecule has 0 amide bonds. The summed E-state index contributed by atoms with van der Waals surface area (Å²) in [7, 11) is 0. The van der Waals surface area contributed by atoms with Crippen molar-refractivity contribution in [1.82, 2.24) is 0 Å². The van der Waals surface area contributed by atoms with E-state index < -0.39 is 0 Å². The summed E-state index contributed by atoms with van der Waals surface area (Å²) in [5.41, 5.74) is 6.07. The zero-order chi connectivity index (χ0) is 7.86. The lowest BCUT2D eigenvalue weighted by Gasteiger charge is -1.88. The van der Waals surface area contributed by atoms with Crippen LogP contribution >= 0.6 is 15.9 Å². The van der Waals surface area contributed by atoms with Crippen LogP contribution < -0.4 is 5.73 Å². The van der Waals surface area contributed by atoms with Gasteiger partial charge in [-0.2, -0.15) is 0 Å². The molecule has 0 atom stereocenters. The molecule has 0 aromatic rings. The summed E-state index contributed by atoms with van der Waals surface area (Å²) >= 11 is 3.18. The summed E-state index contributed by atoms with van der Waals surface area (Å²) < 4.78 is 0.868. The smallest absolute Gasteiger partial charge is 0.0353 e. The fourth-order valence-electron chi connectivity index (χ4n) is 0.161. The van der Waals surface area contributed by atoms with Crippen LogP contribution in [0.2, 0.25) is 0 Å². The number of hydrogen-bond acceptors (Lipinski definition) is 1. The van der Waals surface area contributed by atoms with E-state index in [2.05, 4.69) is 22.5 Å². The minimum atomic E-state index is 0.759. The maximum Gasteiger partial charge on any atom is 0.0353 e. The lowest BCUT2D eigenvalue weighted by Crippen LogP contribution is -1.90. The molecule has 0 bridgehead atoms. The SMILES string of the molecule is C=C/C(Br)=C(\C)N.CC. The van der Waals surface area contributed by atoms with Crippen LogP contribution in [0.4, 0.5) is 0 Å². The Morgan fingerprint density at radius 1 is 1.56 bits per heavy atom. The molecule has 0 fully saturated rings. The topological polar surface area (TPSA) is 26.0 Å². The molecule has 0 aliphatic carbocycles. The van der Waals surface area contributed by atoms with Gasteiger partial charge >= 0.3 is 0 Å². The van der Waals surface area contributed by atoms with Crippen LogP contribution in [-0.2, 0) is 0 Å². The van der Waals surface area contributed by atoms with Gasteiger partial charge in [-0.05, 0) is 22.9 Å². The highest BCUT2D eigenvalue weighted by atomic mass is 79.9. The molecule has 0 unspecified atom stereocenters. The van der Waals surface area contributed by atoms with Gasteiger partial charge in [0.05, 0.1) is 0 Å². The number of halogens is 1. The van der Waals surface area contributed by atoms with Crippen LogP contribution in [0, 0.1) is 0 Å². The van der Waals surface area contributed by atoms with E-state index in [0.717, 1.165) is 10.2 Å². The molecular weight excluding hydrogens is 178 g/mol. The second-order valence-electron chi connectivity index (χ2n) is 1.24. The van der Waals surface area contributed by atoms with Crippen LogP contribution in [0.1, 0.15) is 20.8 Å². The van der Waals surface area contributed by atoms with Crippen molar-refractivity contribution in [1.29, 1.82) is 0 Å². The van der Waals surface area contributed by atoms with Crippen LogP contribution in [0.25, 0.3) is 0 Å². The first-order valence-corrected chi connectivity index (χ1v) is 3.72. The monoisotopic (exact) mass is 191 g/mol. The predicted octanol–water partition coefficient (Wildman–Crippen LogP) is 2.78. The Morgan fingerprint density at radius 2 is 1.89 bits per heavy atom. The lowest BCUT2D eigenvalue weighted by atomic mass is 10.4. The van der Waals surface area contributed by atoms with Gasteiger partial charge in [-0.15, -0.1) is 0 Å². The van der Waals surface area contributed by atoms with E-state index in [0.29, 0.717) is 0 Å². The molecule has 0 saturated heterocycles. The van der Waals surface area contributed by atoms with Gasteiger partial charge in [0.2, 0.25) is 0 Å². The van der Waals surface area contributed by atoms with Gasteiger partial charge in [0.1, 0.15) is 0 Å². The molecule has 2 heteroatoms. The van der Waals surface area contributed by atoms with Crippen LogP contribution in [0.15, 0.2) is 22.8 Å². The maximum atomic E-state index is 5.31. The van der Waals surface area contributed by atoms with Crippen molar-refractivity contribution in [3.05, 3.63) is 22.8 Å². The second kappa shape index (κ2) is 7.76. The second-order valence-corrected chi connectivity index (χ2v) is 2.09. The largest absolute Gasteiger partial charge is 0.401 e. The van der Waals surface area contributed by atoms with Crippen molar-refractivity contribution < 1.29 is 0 Å². The standard InChI is InChI=1S/C5H8BrN.C2H6/c1-3-5(6)4(2)7;1-2/h3H,1,7H2,2H3;1-2H3/b5-4-;. The van der Waals surface area contributed by atoms with Gasteiger partial charge in [-0.3, -0.25) is 0 Å². The number of hydrogen-bond donors (Lipinski definition) is 1. The highest BCUT2D eigenvalue weighted by molar-refractivity contribution is 9.11. The molecule has 9 heavy (non-hydrogen) atoms. The molecule has 0 rings (SSSR count). The molecule has 0 aliphatic rings. The third-order valence-electron chi connectivity index (χ3n) is 0.556. The summed E-state index contributed by atoms with van der Waals surface area (Å²) in [6.45, 7) is 9.31. The van der Waals surface area contributed by atoms with Gasteiger partial charge in [-0.25, -0.2) is 0 Å². The Kier molecular flexibility index (Phi) is 9.95. The Morgan fingerprint density at radius 3 is 1.89 bits per heavy atom. The highest BCUT2D eigenvalue weighted by Crippen LogP contribution is 2.06. The fourth-order valence-corrected chi connectivity index (χ4v) is 0.161. The quantitative estimate of drug-likeness (QED) is 0.635. The van der Waals surface area contributed by atoms with Gasteiger partial charge in [0.15, 0.2) is 0 Å². The zero-order valence-corrected chi connectivity index (χ0v) is 7.83. The molecule has 1 nitrogen and oxygen atoms in total. The highest BCUT2D eigenvalue weighted by Gasteiger charge is 1.82. The van der Waals surface area contributed by atoms with Crippen LogP contribution in [0.3, 0.4) is 0 Å². The van der Waals surface area contributed by atoms with Gasteiger partial charge < -0.3 is 5.73 Å². The van der Waals surface area contributed by atoms with Crippen molar-refractivity contribution in [2.75, 3.05) is 0 Å². The average molecular weight is 192 g/mol. The average Bonchev–Trinajstić information content (AvgIpc) is 1.91. The third-order valence-corrected chi connectivity index (χ3v) is 1.51. The van der Waals surface area contributed by atoms with E-state index in [-0.39, 0.29) is 0 Å². The minimum Gasteiger partial charge on any atom is -0.401 e. The Balaban J connectivity index is 0. The Labute approximate surface area is 65.8 Å². The van der Waals surface area contributed by atoms with E-state index in [1.807, 2.05) is 20.8 Å². The van der Waals surface area contributed by atoms with Crippen LogP contribution in [0.5, 0.6) is 0 Å². The van der Waals surface area contributed by atoms with E-state index >= 15 is 0 Å². The normalized spacial score (nSPS) is 10.7. The Bertz CT molecular complexity index is 101. The molecule has 0 saturated carbocycles. The molecule has 0 aliphatic heterocycles. The van der Waals surface area contributed by atoms with Gasteiger partial charge in [0, 0.05) is 10.2 Å². The molecular formula is C7H14BrN. The fraction of sp³-hybridized carbons (Fsp3) is 0.429. The van der Waals surface area contributed by atoms with Crippen LogP contribution in [-0.4, -0.2) is 0 Å². The first kappa shape index (κ1) is 11.5. The van der Waals surface area contributed by atoms with Crippen molar-refractivity contribution in [2.45, 2.75) is 20.8 Å². The van der Waals surface area contributed by atoms with Crippen molar-refractivity contribution in [2.24, 2.45) is 5.73 Å². The molecule has 0 heterocycles. The number of nitrogens with two attached hydrogens (primary N) is 1. The summed E-state index contributed by atoms with van der Waals surface area (Å²) in [4.78, 5) is 0. The maximum absolute atomic E-state index is 5.31. The summed E-state index contributed by atoms with van der Waals surface area (Å²) in [5.74, 6) is 0. The van der Waals surface area contributed by atoms with Gasteiger partial charge in [-0.1, -0.05) is 26.5 Å². The molecule has 0 spiro atoms. The predicted molar refractivity (Wildman–Crippen MR) is 47.4 cm³/mol. The molecule has 0 aromatic heterocycles. The zero-order valence-electron chi connectivity index (χ0n) is 6.24. The molecule has 0 aromatic carbocycles. The Hall–Kier alpha value is -0.240. The summed E-state index contributed by atoms with van der Waals surface area (Å²) in [6.07, 6.45) is 1.66. The lowest BCUT2D eigenvalue weighted by molar-refractivity contribution is 1.31. The van der Waals surface area contributed by atoms with Crippen molar-refractivity contribution >= 4 is 15.9 Å². The van der Waals surface area contributed by atoms with Gasteiger partial charge in [0.25, 0.3) is 0 Å². The minimum absolute atomic E-state index is 0.759. The molecule has 2 N–H and O–H groups in total. The number of rotatable bonds is 1. The van der Waals surface area contributed by atoms with Crippen molar-refractivity contribution in [3.8, 4) is 0 Å². The first-order chi connectivity index (χ1) is 4.18. The van der Waals surface area contributed by atoms with E-state index in [1.54, 1.807) is 6.08 Å². The van der Waals surface area contributed by atoms with E-state index in [9.17, 15) is 0 Å².